The van der Waals surface area contributed by atoms with Gasteiger partial charge < -0.3 is 97.7 Å². The quantitative estimate of drug-likeness (QED) is 0.398. The van der Waals surface area contributed by atoms with Crippen LogP contribution in [0, 0.1) is 0 Å². The first-order valence-electron chi connectivity index (χ1n) is 1.19. The predicted molar refractivity (Wildman–Crippen MR) is 22.4 cm³/mol. The fourth-order valence-corrected chi connectivity index (χ4v) is 0. The van der Waals surface area contributed by atoms with Gasteiger partial charge in [0.15, 0.2) is 0 Å². The first kappa shape index (κ1) is 90.0. The molecule has 0 radical (unpaired) electrons. The Labute approximate surface area is 157 Å². The van der Waals surface area contributed by atoms with Gasteiger partial charge in [0.2, 0.25) is 0 Å². The molecule has 0 fully saturated rings. The number of carboxylic acid groups (broad SMARTS) is 1. The van der Waals surface area contributed by atoms with E-state index in [0.29, 0.717) is 0 Å². The molecule has 0 heterocycles. The third-order valence-electron chi connectivity index (χ3n) is 0.175. The number of hydrogen-bond acceptors (Lipinski definition) is 2. The second-order valence-corrected chi connectivity index (χ2v) is 0.598. The average Bonchev–Trinajstić information content (AvgIpc) is 1.38. The van der Waals surface area contributed by atoms with Crippen LogP contribution in [0.15, 0.2) is 0 Å². The van der Waals surface area contributed by atoms with Gasteiger partial charge in [0.05, 0.1) is 6.54 Å². The Bertz CT molecular complexity index is 65.0. The molecule has 0 amide bonds. The number of nitrogens with two attached hydrogens (primary N) is 1. The molecule has 12 heteroatoms. The van der Waals surface area contributed by atoms with Crippen molar-refractivity contribution in [3.05, 3.63) is 0 Å². The van der Waals surface area contributed by atoms with Crippen molar-refractivity contribution in [1.29, 1.82) is 0 Å². The summed E-state index contributed by atoms with van der Waals surface area (Å²) in [6, 6.07) is 0. The zero-order valence-corrected chi connectivity index (χ0v) is 15.3. The van der Waals surface area contributed by atoms with Crippen molar-refractivity contribution in [3.8, 4) is 0 Å². The maximum atomic E-state index is 9.24. The molecule has 0 aromatic rings. The van der Waals surface area contributed by atoms with Crippen LogP contribution in [0.4, 0.5) is 0 Å². The number of halogens is 7. The Balaban J connectivity index is -0.00000000222. The van der Waals surface area contributed by atoms with Crippen LogP contribution in [-0.2, 0) is 31.0 Å². The molecule has 0 aliphatic carbocycles. The van der Waals surface area contributed by atoms with E-state index in [1.165, 1.54) is 0 Å². The third-order valence-corrected chi connectivity index (χ3v) is 0.175. The molecule has 0 spiro atoms. The predicted octanol–water partition coefficient (Wildman–Crippen LogP) is -22.3. The van der Waals surface area contributed by atoms with E-state index >= 15 is 0 Å². The fourth-order valence-electron chi connectivity index (χ4n) is 0. The van der Waals surface area contributed by atoms with Crippen molar-refractivity contribution >= 4 is 23.3 Å². The minimum atomic E-state index is -0.968. The maximum absolute atomic E-state index is 9.24. The fraction of sp³-hybridized carbons (Fsp3) is 0.500. The number of hydrogen-bond donors (Lipinski definition) is 2. The molecule has 0 aromatic heterocycles. The molecule has 0 saturated heterocycles. The summed E-state index contributed by atoms with van der Waals surface area (Å²) in [6.45, 7) is -0.278. The monoisotopic (exact) mass is 437 g/mol. The van der Waals surface area contributed by atoms with Gasteiger partial charge in [-0.05, 0) is 0 Å². The SMILES string of the molecule is NCC(=O)O.[Al+3].[Cl-].[Cl-].[Cl-].[Cl-].[Cl-].[Cl-].[Cl-].[Zr+4]. The Kier molecular flexibility index (Phi) is 478. The number of aliphatic carboxylic acids is 1. The van der Waals surface area contributed by atoms with Gasteiger partial charge in [-0.15, -0.1) is 0 Å². The van der Waals surface area contributed by atoms with Gasteiger partial charge in [0.1, 0.15) is 0 Å². The molecule has 0 atom stereocenters. The second kappa shape index (κ2) is 74.3. The normalized spacial score (nSPS) is 2.64. The summed E-state index contributed by atoms with van der Waals surface area (Å²) in [4.78, 5) is 9.24. The van der Waals surface area contributed by atoms with Gasteiger partial charge in [-0.25, -0.2) is 0 Å². The van der Waals surface area contributed by atoms with Crippen molar-refractivity contribution < 1.29 is 123 Å². The Morgan fingerprint density at radius 3 is 1.00 bits per heavy atom. The first-order valence-corrected chi connectivity index (χ1v) is 1.19. The molecule has 14 heavy (non-hydrogen) atoms. The first-order chi connectivity index (χ1) is 2.27. The van der Waals surface area contributed by atoms with Gasteiger partial charge in [0.25, 0.3) is 0 Å². The minimum absolute atomic E-state index is 0. The van der Waals surface area contributed by atoms with Crippen LogP contribution in [0.2, 0.25) is 0 Å². The maximum Gasteiger partial charge on any atom is 4.00 e. The van der Waals surface area contributed by atoms with Crippen LogP contribution in [0.25, 0.3) is 0 Å². The third kappa shape index (κ3) is 120. The largest absolute Gasteiger partial charge is 4.00 e. The molecule has 0 aliphatic heterocycles. The van der Waals surface area contributed by atoms with Crippen LogP contribution >= 0.6 is 0 Å². The summed E-state index contributed by atoms with van der Waals surface area (Å²) in [6.07, 6.45) is 0. The molecular formula is C2H5AlCl7NO2Zr. The van der Waals surface area contributed by atoms with E-state index < -0.39 is 5.97 Å². The van der Waals surface area contributed by atoms with Gasteiger partial charge in [-0.1, -0.05) is 0 Å². The van der Waals surface area contributed by atoms with Gasteiger partial charge in [0, 0.05) is 0 Å². The zero-order valence-electron chi connectivity index (χ0n) is 6.36. The Hall–Kier alpha value is 2.88. The molecule has 0 unspecified atom stereocenters. The van der Waals surface area contributed by atoms with Crippen LogP contribution in [-0.4, -0.2) is 35.0 Å². The van der Waals surface area contributed by atoms with Crippen LogP contribution in [0.1, 0.15) is 0 Å². The van der Waals surface area contributed by atoms with Crippen molar-refractivity contribution in [1.82, 2.24) is 0 Å². The van der Waals surface area contributed by atoms with Gasteiger partial charge in [-0.2, -0.15) is 0 Å². The minimum Gasteiger partial charge on any atom is -1.00 e. The van der Waals surface area contributed by atoms with E-state index in [0.717, 1.165) is 0 Å². The summed E-state index contributed by atoms with van der Waals surface area (Å²) < 4.78 is 0. The molecule has 86 valence electrons. The molecule has 3 nitrogen and oxygen atoms in total. The second-order valence-electron chi connectivity index (χ2n) is 0.598. The van der Waals surface area contributed by atoms with Gasteiger partial charge in [-0.3, -0.25) is 4.79 Å². The molecule has 0 rings (SSSR count). The number of rotatable bonds is 1. The molecule has 3 N–H and O–H groups in total. The molecule has 0 aromatic carbocycles. The summed E-state index contributed by atoms with van der Waals surface area (Å²) in [5.74, 6) is -0.968. The van der Waals surface area contributed by atoms with E-state index in [1.54, 1.807) is 0 Å². The topological polar surface area (TPSA) is 63.3 Å². The zero-order chi connectivity index (χ0) is 4.28. The summed E-state index contributed by atoms with van der Waals surface area (Å²) in [5, 5.41) is 7.60. The summed E-state index contributed by atoms with van der Waals surface area (Å²) in [7, 11) is 0. The van der Waals surface area contributed by atoms with Crippen molar-refractivity contribution in [2.75, 3.05) is 6.54 Å². The van der Waals surface area contributed by atoms with E-state index in [-0.39, 0.29) is 137 Å². The summed E-state index contributed by atoms with van der Waals surface area (Å²) >= 11 is 0. The van der Waals surface area contributed by atoms with Crippen LogP contribution in [0.3, 0.4) is 0 Å². The molecule has 0 bridgehead atoms. The standard InChI is InChI=1S/C2H5NO2.Al.7ClH.Zr/c3-1-2(4)5;;;;;;;;;/h1,3H2,(H,4,5);;7*1H;/q;+3;;;;;;;;+4/p-7. The van der Waals surface area contributed by atoms with Crippen LogP contribution < -0.4 is 92.6 Å². The smallest absolute Gasteiger partial charge is 1.00 e. The van der Waals surface area contributed by atoms with E-state index in [4.69, 9.17) is 5.11 Å². The van der Waals surface area contributed by atoms with Crippen LogP contribution in [0.5, 0.6) is 0 Å². The van der Waals surface area contributed by atoms with Gasteiger partial charge >= 0.3 is 49.5 Å². The molecular weight excluding hydrogens is 436 g/mol. The van der Waals surface area contributed by atoms with Crippen molar-refractivity contribution in [3.63, 3.8) is 0 Å². The molecule has 0 aliphatic rings. The Morgan fingerprint density at radius 1 is 0.929 bits per heavy atom. The Morgan fingerprint density at radius 2 is 1.00 bits per heavy atom. The van der Waals surface area contributed by atoms with E-state index in [1.807, 2.05) is 0 Å². The summed E-state index contributed by atoms with van der Waals surface area (Å²) in [5.41, 5.74) is 4.57. The average molecular weight is 441 g/mol. The number of carbonyl (C=O) groups is 1. The van der Waals surface area contributed by atoms with E-state index in [9.17, 15) is 4.79 Å². The molecule has 0 saturated carbocycles. The van der Waals surface area contributed by atoms with E-state index in [2.05, 4.69) is 5.73 Å². The van der Waals surface area contributed by atoms with Crippen molar-refractivity contribution in [2.24, 2.45) is 5.73 Å². The van der Waals surface area contributed by atoms with Crippen molar-refractivity contribution in [2.45, 2.75) is 0 Å². The number of carboxylic acids is 1.